The summed E-state index contributed by atoms with van der Waals surface area (Å²) in [6, 6.07) is -3.36. The summed E-state index contributed by atoms with van der Waals surface area (Å²) in [4.78, 5) is 12.4. The van der Waals surface area contributed by atoms with Gasteiger partial charge in [-0.1, -0.05) is 17.7 Å². The van der Waals surface area contributed by atoms with Crippen LogP contribution in [-0.4, -0.2) is 26.2 Å². The molecule has 2 rings (SSSR count). The fourth-order valence-corrected chi connectivity index (χ4v) is 3.11. The van der Waals surface area contributed by atoms with Crippen molar-refractivity contribution in [1.29, 1.82) is 0 Å². The van der Waals surface area contributed by atoms with Crippen molar-refractivity contribution in [3.63, 3.8) is 0 Å². The minimum atomic E-state index is -5.39. The highest BCUT2D eigenvalue weighted by Gasteiger charge is 2.35. The lowest BCUT2D eigenvalue weighted by atomic mass is 9.99. The largest absolute Gasteiger partial charge is 0.463 e. The van der Waals surface area contributed by atoms with Gasteiger partial charge in [0.15, 0.2) is 0 Å². The third-order valence-electron chi connectivity index (χ3n) is 2.58. The van der Waals surface area contributed by atoms with E-state index in [0.717, 1.165) is 0 Å². The second-order valence-corrected chi connectivity index (χ2v) is 6.15. The monoisotopic (exact) mass is 369 g/mol. The lowest BCUT2D eigenvalue weighted by Gasteiger charge is -2.24. The number of rotatable bonds is 5. The molecule has 0 bridgehead atoms. The van der Waals surface area contributed by atoms with Crippen LogP contribution in [0.1, 0.15) is 37.1 Å². The van der Waals surface area contributed by atoms with Gasteiger partial charge in [-0.05, 0) is 44.2 Å². The molecule has 126 valence electrons. The van der Waals surface area contributed by atoms with Crippen molar-refractivity contribution < 1.29 is 33.3 Å². The van der Waals surface area contributed by atoms with Crippen molar-refractivity contribution in [1.82, 2.24) is 0 Å². The Morgan fingerprint density at radius 2 is 2.39 bits per heavy atom. The Labute approximate surface area is 150 Å². The molecule has 0 spiro atoms. The summed E-state index contributed by atoms with van der Waals surface area (Å²) in [5.74, 6) is -2.94. The van der Waals surface area contributed by atoms with E-state index >= 15 is 0 Å². The molecular weight excluding hydrogens is 345 g/mol. The molecule has 0 saturated heterocycles. The fourth-order valence-electron chi connectivity index (χ4n) is 1.66. The molecule has 8 heteroatoms. The van der Waals surface area contributed by atoms with Crippen LogP contribution in [0.4, 0.5) is 10.1 Å². The van der Waals surface area contributed by atoms with Crippen molar-refractivity contribution in [2.75, 3.05) is 11.3 Å². The van der Waals surface area contributed by atoms with E-state index in [2.05, 4.69) is 4.74 Å². The Hall–Kier alpha value is -1.60. The average Bonchev–Trinajstić information content (AvgIpc) is 2.64. The van der Waals surface area contributed by atoms with Gasteiger partial charge in [-0.2, -0.15) is 0 Å². The van der Waals surface area contributed by atoms with Gasteiger partial charge in [0.2, 0.25) is 10.0 Å². The molecule has 1 aliphatic carbocycles. The molecule has 0 heterocycles. The van der Waals surface area contributed by atoms with Crippen molar-refractivity contribution in [3.05, 3.63) is 40.6 Å². The van der Waals surface area contributed by atoms with Crippen molar-refractivity contribution in [2.45, 2.75) is 31.3 Å². The van der Waals surface area contributed by atoms with Gasteiger partial charge in [-0.3, -0.25) is 4.72 Å². The molecule has 0 saturated carbocycles. The highest BCUT2D eigenvalue weighted by atomic mass is 35.5. The van der Waals surface area contributed by atoms with Gasteiger partial charge >= 0.3 is 5.97 Å². The van der Waals surface area contributed by atoms with Crippen LogP contribution in [-0.2, 0) is 19.6 Å². The van der Waals surface area contributed by atoms with Crippen molar-refractivity contribution in [3.8, 4) is 0 Å². The zero-order chi connectivity index (χ0) is 24.2. The van der Waals surface area contributed by atoms with Crippen molar-refractivity contribution >= 4 is 33.3 Å². The van der Waals surface area contributed by atoms with E-state index in [4.69, 9.17) is 22.6 Å². The number of hydrogen-bond acceptors (Lipinski definition) is 4. The lowest BCUT2D eigenvalue weighted by molar-refractivity contribution is -0.138. The first-order chi connectivity index (χ1) is 13.9. The summed E-state index contributed by atoms with van der Waals surface area (Å²) >= 11 is 5.75. The first-order valence-electron chi connectivity index (χ1n) is 10.3. The summed E-state index contributed by atoms with van der Waals surface area (Å²) in [6.07, 6.45) is -6.33. The quantitative estimate of drug-likeness (QED) is 0.808. The fraction of sp³-hybridized carbons (Fsp3) is 0.400. The van der Waals surface area contributed by atoms with Crippen LogP contribution in [0.25, 0.3) is 0 Å². The maximum Gasteiger partial charge on any atom is 0.335 e. The van der Waals surface area contributed by atoms with E-state index in [0.29, 0.717) is 6.08 Å². The summed E-state index contributed by atoms with van der Waals surface area (Å²) in [6.45, 7) is 1.08. The van der Waals surface area contributed by atoms with Gasteiger partial charge in [0.1, 0.15) is 11.0 Å². The van der Waals surface area contributed by atoms with E-state index in [1.807, 2.05) is 0 Å². The Bertz CT molecular complexity index is 1050. The number of nitrogens with one attached hydrogen (secondary N) is 1. The topological polar surface area (TPSA) is 72.5 Å². The second kappa shape index (κ2) is 7.31. The zero-order valence-corrected chi connectivity index (χ0v) is 13.4. The summed E-state index contributed by atoms with van der Waals surface area (Å²) in [7, 11) is -5.39. The molecule has 0 aliphatic heterocycles. The van der Waals surface area contributed by atoms with Gasteiger partial charge in [-0.25, -0.2) is 17.6 Å². The number of sulfonamides is 1. The number of carbonyl (C=O) groups is 1. The molecule has 0 unspecified atom stereocenters. The molecule has 1 N–H and O–H groups in total. The van der Waals surface area contributed by atoms with E-state index in [9.17, 15) is 17.6 Å². The van der Waals surface area contributed by atoms with E-state index in [-0.39, 0.29) is 6.61 Å². The maximum absolute atomic E-state index is 13.8. The number of carbonyl (C=O) groups excluding carboxylic acids is 1. The third kappa shape index (κ3) is 4.23. The Morgan fingerprint density at radius 1 is 1.65 bits per heavy atom. The van der Waals surface area contributed by atoms with Gasteiger partial charge < -0.3 is 4.74 Å². The molecule has 1 aromatic carbocycles. The number of ether oxygens (including phenoxy) is 1. The van der Waals surface area contributed by atoms with Crippen LogP contribution in [0, 0.1) is 5.82 Å². The van der Waals surface area contributed by atoms with E-state index in [1.54, 1.807) is 4.72 Å². The predicted octanol–water partition coefficient (Wildman–Crippen LogP) is 3.26. The Balaban J connectivity index is 2.77. The van der Waals surface area contributed by atoms with Crippen LogP contribution in [0.15, 0.2) is 29.8 Å². The molecule has 1 atom stereocenters. The molecule has 0 aromatic heterocycles. The van der Waals surface area contributed by atoms with Crippen molar-refractivity contribution in [2.24, 2.45) is 0 Å². The molecular formula is C15H17ClFNO4S. The Morgan fingerprint density at radius 3 is 3.09 bits per heavy atom. The SMILES string of the molecule is [2H]c1c([2H])c(NS(=O)(=O)[C@@]2([2H])C(C(=O)OCC)=CC([2H])([2H])CC2([2H])[2H])c(Cl)c([2H])c1F. The number of allylic oxidation sites excluding steroid dienone is 1. The summed E-state index contributed by atoms with van der Waals surface area (Å²) in [5.41, 5.74) is -2.11. The number of halogens is 2. The first-order valence-corrected chi connectivity index (χ1v) is 8.17. The molecule has 0 fully saturated rings. The number of anilines is 1. The maximum atomic E-state index is 13.8. The second-order valence-electron chi connectivity index (χ2n) is 4.15. The standard InChI is InChI=1S/C15H17ClFNO4S/c1-2-22-15(19)11-5-3-4-6-14(11)23(20,21)18-13-8-7-10(17)9-12(13)16/h5,7-9,14,18H,2-4,6H2,1H3/t14-/m1/s1/i3D2,6D2,7D,8D,9D,14D. The average molecular weight is 370 g/mol. The molecule has 5 nitrogen and oxygen atoms in total. The molecule has 1 aromatic rings. The van der Waals surface area contributed by atoms with E-state index in [1.165, 1.54) is 6.92 Å². The minimum absolute atomic E-state index is 0.281. The lowest BCUT2D eigenvalue weighted by Crippen LogP contribution is -2.34. The number of esters is 1. The van der Waals surface area contributed by atoms with Crippen LogP contribution in [0.5, 0.6) is 0 Å². The van der Waals surface area contributed by atoms with Gasteiger partial charge in [0.25, 0.3) is 0 Å². The molecule has 1 aliphatic rings. The van der Waals surface area contributed by atoms with Crippen LogP contribution in [0.3, 0.4) is 0 Å². The number of benzene rings is 1. The first kappa shape index (κ1) is 9.64. The number of hydrogen-bond donors (Lipinski definition) is 1. The van der Waals surface area contributed by atoms with Gasteiger partial charge in [0, 0.05) is 5.48 Å². The minimum Gasteiger partial charge on any atom is -0.463 e. The molecule has 0 radical (unpaired) electrons. The smallest absolute Gasteiger partial charge is 0.335 e. The molecule has 23 heavy (non-hydrogen) atoms. The summed E-state index contributed by atoms with van der Waals surface area (Å²) in [5, 5.41) is -4.40. The summed E-state index contributed by atoms with van der Waals surface area (Å²) < 4.78 is 109. The normalized spacial score (nSPS) is 30.8. The predicted molar refractivity (Wildman–Crippen MR) is 86.3 cm³/mol. The van der Waals surface area contributed by atoms with Gasteiger partial charge in [0.05, 0.1) is 28.4 Å². The highest BCUT2D eigenvalue weighted by Crippen LogP contribution is 2.30. The van der Waals surface area contributed by atoms with Gasteiger partial charge in [-0.15, -0.1) is 0 Å². The van der Waals surface area contributed by atoms with E-state index < -0.39 is 80.6 Å². The Kier molecular flexibility index (Phi) is 3.06. The van der Waals surface area contributed by atoms with Crippen LogP contribution in [0.2, 0.25) is 5.02 Å². The third-order valence-corrected chi connectivity index (χ3v) is 4.24. The van der Waals surface area contributed by atoms with Crippen LogP contribution < -0.4 is 4.72 Å². The zero-order valence-electron chi connectivity index (χ0n) is 19.8. The van der Waals surface area contributed by atoms with Crippen LogP contribution >= 0.6 is 11.6 Å². The highest BCUT2D eigenvalue weighted by molar-refractivity contribution is 7.93. The molecule has 0 amide bonds.